The van der Waals surface area contributed by atoms with E-state index < -0.39 is 10.0 Å². The number of sulfonamides is 1. The number of nitrogens with one attached hydrogen (secondary N) is 1. The van der Waals surface area contributed by atoms with Gasteiger partial charge in [-0.2, -0.15) is 0 Å². The number of aryl methyl sites for hydroxylation is 1. The molecule has 3 aromatic rings. The highest BCUT2D eigenvalue weighted by Gasteiger charge is 2.18. The van der Waals surface area contributed by atoms with E-state index in [1.807, 2.05) is 31.2 Å². The Balaban J connectivity index is 1.81. The van der Waals surface area contributed by atoms with Crippen molar-refractivity contribution >= 4 is 32.4 Å². The highest BCUT2D eigenvalue weighted by Crippen LogP contribution is 2.25. The van der Waals surface area contributed by atoms with Crippen LogP contribution in [0.3, 0.4) is 0 Å². The number of aromatic nitrogens is 1. The fourth-order valence-electron chi connectivity index (χ4n) is 2.97. The first-order valence-corrected chi connectivity index (χ1v) is 10.3. The van der Waals surface area contributed by atoms with E-state index in [1.54, 1.807) is 18.2 Å². The molecule has 0 radical (unpaired) electrons. The molecule has 0 aliphatic heterocycles. The summed E-state index contributed by atoms with van der Waals surface area (Å²) in [4.78, 5) is 2.22. The van der Waals surface area contributed by atoms with Crippen molar-refractivity contribution in [1.29, 1.82) is 0 Å². The fourth-order valence-corrected chi connectivity index (χ4v) is 4.18. The molecule has 1 heterocycles. The van der Waals surface area contributed by atoms with E-state index >= 15 is 0 Å². The molecule has 3 rings (SSSR count). The van der Waals surface area contributed by atoms with E-state index in [0.717, 1.165) is 24.3 Å². The number of para-hydroxylation sites is 1. The maximum Gasteiger partial charge on any atom is 0.238 e. The van der Waals surface area contributed by atoms with Crippen LogP contribution in [0.2, 0.25) is 0 Å². The predicted octanol–water partition coefficient (Wildman–Crippen LogP) is 3.92. The van der Waals surface area contributed by atoms with Gasteiger partial charge in [-0.15, -0.1) is 0 Å². The highest BCUT2D eigenvalue weighted by molar-refractivity contribution is 7.91. The summed E-state index contributed by atoms with van der Waals surface area (Å²) in [6, 6.07) is 13.0. The second-order valence-electron chi connectivity index (χ2n) is 6.16. The van der Waals surface area contributed by atoms with Crippen LogP contribution in [0.1, 0.15) is 25.1 Å². The standard InChI is InChI=1S/C19H23N3O3S/c1-4-22(5-2)15-10-11-17(14(3)12-15)21-26(23,24)13-18-16-8-6-7-9-19(16)25-20-18/h6-12,21H,4-5,13H2,1-3H3. The first kappa shape index (κ1) is 18.3. The Morgan fingerprint density at radius 1 is 1.12 bits per heavy atom. The van der Waals surface area contributed by atoms with Gasteiger partial charge in [0.1, 0.15) is 11.4 Å². The lowest BCUT2D eigenvalue weighted by Crippen LogP contribution is -2.22. The second-order valence-corrected chi connectivity index (χ2v) is 7.88. The summed E-state index contributed by atoms with van der Waals surface area (Å²) in [6.07, 6.45) is 0. The normalized spacial score (nSPS) is 11.7. The Hall–Kier alpha value is -2.54. The van der Waals surface area contributed by atoms with Gasteiger partial charge in [-0.05, 0) is 56.7 Å². The van der Waals surface area contributed by atoms with Gasteiger partial charge in [0, 0.05) is 24.2 Å². The number of benzene rings is 2. The maximum atomic E-state index is 12.6. The summed E-state index contributed by atoms with van der Waals surface area (Å²) in [5.74, 6) is -0.235. The van der Waals surface area contributed by atoms with E-state index in [1.165, 1.54) is 0 Å². The number of hydrogen-bond donors (Lipinski definition) is 1. The SMILES string of the molecule is CCN(CC)c1ccc(NS(=O)(=O)Cc2noc3ccccc23)c(C)c1. The number of hydrogen-bond acceptors (Lipinski definition) is 5. The first-order valence-electron chi connectivity index (χ1n) is 8.63. The summed E-state index contributed by atoms with van der Waals surface area (Å²) in [7, 11) is -3.60. The third-order valence-electron chi connectivity index (χ3n) is 4.38. The third kappa shape index (κ3) is 3.83. The number of fused-ring (bicyclic) bond motifs is 1. The quantitative estimate of drug-likeness (QED) is 0.679. The molecule has 1 N–H and O–H groups in total. The van der Waals surface area contributed by atoms with Gasteiger partial charge in [-0.3, -0.25) is 4.72 Å². The molecule has 0 amide bonds. The van der Waals surface area contributed by atoms with Gasteiger partial charge in [0.05, 0.1) is 5.69 Å². The highest BCUT2D eigenvalue weighted by atomic mass is 32.2. The Morgan fingerprint density at radius 2 is 1.85 bits per heavy atom. The molecule has 2 aromatic carbocycles. The van der Waals surface area contributed by atoms with E-state index in [-0.39, 0.29) is 5.75 Å². The number of nitrogens with zero attached hydrogens (tertiary/aromatic N) is 2. The zero-order valence-corrected chi connectivity index (χ0v) is 16.0. The Morgan fingerprint density at radius 3 is 2.54 bits per heavy atom. The van der Waals surface area contributed by atoms with Crippen LogP contribution in [0, 0.1) is 6.92 Å². The van der Waals surface area contributed by atoms with Crippen LogP contribution < -0.4 is 9.62 Å². The molecule has 0 saturated heterocycles. The van der Waals surface area contributed by atoms with Crippen LogP contribution in [0.4, 0.5) is 11.4 Å². The molecule has 0 bridgehead atoms. The lowest BCUT2D eigenvalue weighted by molar-refractivity contribution is 0.448. The summed E-state index contributed by atoms with van der Waals surface area (Å²) in [5.41, 5.74) is 3.53. The van der Waals surface area contributed by atoms with Crippen molar-refractivity contribution in [3.63, 3.8) is 0 Å². The van der Waals surface area contributed by atoms with Gasteiger partial charge < -0.3 is 9.42 Å². The van der Waals surface area contributed by atoms with Crippen LogP contribution in [0.25, 0.3) is 11.0 Å². The van der Waals surface area contributed by atoms with Gasteiger partial charge in [0.15, 0.2) is 5.58 Å². The van der Waals surface area contributed by atoms with Gasteiger partial charge >= 0.3 is 0 Å². The van der Waals surface area contributed by atoms with Crippen LogP contribution in [-0.2, 0) is 15.8 Å². The lowest BCUT2D eigenvalue weighted by Gasteiger charge is -2.22. The number of anilines is 2. The van der Waals surface area contributed by atoms with E-state index in [4.69, 9.17) is 4.52 Å². The van der Waals surface area contributed by atoms with Gasteiger partial charge in [-0.1, -0.05) is 17.3 Å². The van der Waals surface area contributed by atoms with Gasteiger partial charge in [-0.25, -0.2) is 8.42 Å². The van der Waals surface area contributed by atoms with Crippen molar-refractivity contribution in [3.8, 4) is 0 Å². The molecule has 0 aliphatic carbocycles. The summed E-state index contributed by atoms with van der Waals surface area (Å²) in [5, 5.41) is 4.62. The van der Waals surface area contributed by atoms with E-state index in [9.17, 15) is 8.42 Å². The average Bonchev–Trinajstić information content (AvgIpc) is 3.01. The largest absolute Gasteiger partial charge is 0.372 e. The number of rotatable bonds is 7. The Labute approximate surface area is 153 Å². The minimum absolute atomic E-state index is 0.235. The molecule has 7 heteroatoms. The van der Waals surface area contributed by atoms with Crippen molar-refractivity contribution in [3.05, 3.63) is 53.7 Å². The second kappa shape index (κ2) is 7.37. The predicted molar refractivity (Wildman–Crippen MR) is 105 cm³/mol. The summed E-state index contributed by atoms with van der Waals surface area (Å²) < 4.78 is 33.0. The molecule has 0 unspecified atom stereocenters. The minimum atomic E-state index is -3.60. The molecule has 0 fully saturated rings. The maximum absolute atomic E-state index is 12.6. The van der Waals surface area contributed by atoms with Crippen LogP contribution in [0.15, 0.2) is 47.0 Å². The van der Waals surface area contributed by atoms with Crippen molar-refractivity contribution < 1.29 is 12.9 Å². The van der Waals surface area contributed by atoms with Crippen LogP contribution >= 0.6 is 0 Å². The topological polar surface area (TPSA) is 75.4 Å². The third-order valence-corrected chi connectivity index (χ3v) is 5.57. The molecule has 26 heavy (non-hydrogen) atoms. The smallest absolute Gasteiger partial charge is 0.238 e. The molecule has 0 spiro atoms. The van der Waals surface area contributed by atoms with Crippen molar-refractivity contribution in [1.82, 2.24) is 5.16 Å². The van der Waals surface area contributed by atoms with Gasteiger partial charge in [0.2, 0.25) is 10.0 Å². The van der Waals surface area contributed by atoms with Crippen molar-refractivity contribution in [2.75, 3.05) is 22.7 Å². The van der Waals surface area contributed by atoms with Crippen LogP contribution in [-0.4, -0.2) is 26.7 Å². The van der Waals surface area contributed by atoms with Gasteiger partial charge in [0.25, 0.3) is 0 Å². The molecule has 6 nitrogen and oxygen atoms in total. The molecule has 1 aromatic heterocycles. The first-order chi connectivity index (χ1) is 12.4. The molecular formula is C19H23N3O3S. The zero-order chi connectivity index (χ0) is 18.7. The molecular weight excluding hydrogens is 350 g/mol. The average molecular weight is 373 g/mol. The fraction of sp³-hybridized carbons (Fsp3) is 0.316. The Kier molecular flexibility index (Phi) is 5.18. The monoisotopic (exact) mass is 373 g/mol. The molecule has 0 aliphatic rings. The molecule has 138 valence electrons. The summed E-state index contributed by atoms with van der Waals surface area (Å²) in [6.45, 7) is 7.90. The van der Waals surface area contributed by atoms with Crippen molar-refractivity contribution in [2.45, 2.75) is 26.5 Å². The van der Waals surface area contributed by atoms with E-state index in [0.29, 0.717) is 22.4 Å². The summed E-state index contributed by atoms with van der Waals surface area (Å²) >= 11 is 0. The molecule has 0 atom stereocenters. The Bertz CT molecular complexity index is 1010. The zero-order valence-electron chi connectivity index (χ0n) is 15.2. The van der Waals surface area contributed by atoms with Crippen LogP contribution in [0.5, 0.6) is 0 Å². The lowest BCUT2D eigenvalue weighted by atomic mass is 10.1. The molecule has 0 saturated carbocycles. The van der Waals surface area contributed by atoms with E-state index in [2.05, 4.69) is 28.6 Å². The van der Waals surface area contributed by atoms with Crippen molar-refractivity contribution in [2.24, 2.45) is 0 Å². The minimum Gasteiger partial charge on any atom is -0.372 e.